The minimum absolute atomic E-state index is 0.00992. The van der Waals surface area contributed by atoms with E-state index in [4.69, 9.17) is 11.6 Å². The lowest BCUT2D eigenvalue weighted by Crippen LogP contribution is -2.34. The molecule has 1 aliphatic rings. The van der Waals surface area contributed by atoms with Crippen molar-refractivity contribution >= 4 is 22.7 Å². The number of aryl methyl sites for hydroxylation is 2. The summed E-state index contributed by atoms with van der Waals surface area (Å²) in [5, 5.41) is 6.52. The SMILES string of the molecule is Cc1cc(C)n(-c2nc(NC3CCCC(F)(F)C3)cc(C(=O)Cl)n2)n1. The van der Waals surface area contributed by atoms with Crippen LogP contribution in [0.1, 0.15) is 47.6 Å². The molecule has 1 fully saturated rings. The van der Waals surface area contributed by atoms with E-state index >= 15 is 0 Å². The van der Waals surface area contributed by atoms with Crippen LogP contribution in [-0.4, -0.2) is 37.0 Å². The number of rotatable bonds is 4. The van der Waals surface area contributed by atoms with Crippen LogP contribution < -0.4 is 5.32 Å². The van der Waals surface area contributed by atoms with Crippen molar-refractivity contribution < 1.29 is 13.6 Å². The molecule has 2 aromatic heterocycles. The van der Waals surface area contributed by atoms with Crippen LogP contribution in [-0.2, 0) is 0 Å². The molecule has 9 heteroatoms. The van der Waals surface area contributed by atoms with Crippen LogP contribution in [0.5, 0.6) is 0 Å². The van der Waals surface area contributed by atoms with Crippen molar-refractivity contribution in [1.29, 1.82) is 0 Å². The fourth-order valence-electron chi connectivity index (χ4n) is 3.04. The smallest absolute Gasteiger partial charge is 0.271 e. The number of carbonyl (C=O) groups excluding carboxylic acids is 1. The largest absolute Gasteiger partial charge is 0.367 e. The Kier molecular flexibility index (Phi) is 4.73. The molecule has 0 amide bonds. The van der Waals surface area contributed by atoms with Crippen molar-refractivity contribution in [3.8, 4) is 5.95 Å². The number of halogens is 3. The van der Waals surface area contributed by atoms with E-state index in [1.165, 1.54) is 10.7 Å². The minimum atomic E-state index is -2.69. The number of hydrogen-bond acceptors (Lipinski definition) is 5. The van der Waals surface area contributed by atoms with Gasteiger partial charge in [0.05, 0.1) is 5.69 Å². The average molecular weight is 370 g/mol. The number of nitrogens with zero attached hydrogens (tertiary/aromatic N) is 4. The van der Waals surface area contributed by atoms with E-state index in [9.17, 15) is 13.6 Å². The zero-order chi connectivity index (χ0) is 18.2. The highest BCUT2D eigenvalue weighted by Gasteiger charge is 2.36. The fraction of sp³-hybridized carbons (Fsp3) is 0.500. The standard InChI is InChI=1S/C16H18ClF2N5O/c1-9-6-10(2)24(23-9)15-21-12(14(17)25)7-13(22-15)20-11-4-3-5-16(18,19)8-11/h6-7,11H,3-5,8H2,1-2H3,(H,20,21,22). The van der Waals surface area contributed by atoms with Gasteiger partial charge in [-0.05, 0) is 44.4 Å². The molecule has 134 valence electrons. The highest BCUT2D eigenvalue weighted by molar-refractivity contribution is 6.67. The van der Waals surface area contributed by atoms with E-state index in [-0.39, 0.29) is 30.3 Å². The molecule has 0 radical (unpaired) electrons. The topological polar surface area (TPSA) is 72.7 Å². The first-order valence-corrected chi connectivity index (χ1v) is 8.38. The molecule has 2 aromatic rings. The Morgan fingerprint density at radius 1 is 1.36 bits per heavy atom. The lowest BCUT2D eigenvalue weighted by molar-refractivity contribution is -0.0373. The fourth-order valence-corrected chi connectivity index (χ4v) is 3.14. The van der Waals surface area contributed by atoms with Gasteiger partial charge in [0, 0.05) is 30.6 Å². The van der Waals surface area contributed by atoms with Gasteiger partial charge in [-0.15, -0.1) is 0 Å². The third kappa shape index (κ3) is 4.12. The van der Waals surface area contributed by atoms with Gasteiger partial charge >= 0.3 is 0 Å². The Morgan fingerprint density at radius 2 is 2.12 bits per heavy atom. The van der Waals surface area contributed by atoms with Gasteiger partial charge < -0.3 is 5.32 Å². The second-order valence-corrected chi connectivity index (χ2v) is 6.69. The van der Waals surface area contributed by atoms with E-state index < -0.39 is 17.2 Å². The first-order chi connectivity index (χ1) is 11.7. The number of anilines is 1. The first kappa shape index (κ1) is 17.7. The van der Waals surface area contributed by atoms with Crippen LogP contribution in [0, 0.1) is 13.8 Å². The molecular formula is C16H18ClF2N5O. The van der Waals surface area contributed by atoms with Crippen LogP contribution in [0.15, 0.2) is 12.1 Å². The van der Waals surface area contributed by atoms with Gasteiger partial charge in [0.25, 0.3) is 11.2 Å². The van der Waals surface area contributed by atoms with Crippen molar-refractivity contribution in [2.75, 3.05) is 5.32 Å². The second kappa shape index (κ2) is 6.67. The molecule has 0 spiro atoms. The van der Waals surface area contributed by atoms with E-state index in [1.807, 2.05) is 19.9 Å². The van der Waals surface area contributed by atoms with Crippen LogP contribution >= 0.6 is 11.6 Å². The lowest BCUT2D eigenvalue weighted by Gasteiger charge is -2.29. The van der Waals surface area contributed by atoms with Crippen molar-refractivity contribution in [2.24, 2.45) is 0 Å². The van der Waals surface area contributed by atoms with Crippen LogP contribution in [0.3, 0.4) is 0 Å². The predicted molar refractivity (Wildman–Crippen MR) is 89.6 cm³/mol. The molecule has 0 bridgehead atoms. The summed E-state index contributed by atoms with van der Waals surface area (Å²) in [5.74, 6) is -2.24. The first-order valence-electron chi connectivity index (χ1n) is 8.00. The van der Waals surface area contributed by atoms with Gasteiger partial charge in [0.1, 0.15) is 11.5 Å². The molecule has 25 heavy (non-hydrogen) atoms. The summed E-state index contributed by atoms with van der Waals surface area (Å²) in [6, 6.07) is 2.79. The molecule has 0 aliphatic heterocycles. The summed E-state index contributed by atoms with van der Waals surface area (Å²) >= 11 is 5.56. The van der Waals surface area contributed by atoms with Crippen LogP contribution in [0.25, 0.3) is 5.95 Å². The molecule has 1 aliphatic carbocycles. The monoisotopic (exact) mass is 369 g/mol. The molecule has 1 atom stereocenters. The summed E-state index contributed by atoms with van der Waals surface area (Å²) in [5.41, 5.74) is 1.54. The maximum absolute atomic E-state index is 13.6. The van der Waals surface area contributed by atoms with E-state index in [0.717, 1.165) is 11.4 Å². The summed E-state index contributed by atoms with van der Waals surface area (Å²) in [6.45, 7) is 3.65. The molecule has 1 saturated carbocycles. The third-order valence-electron chi connectivity index (χ3n) is 4.11. The van der Waals surface area contributed by atoms with E-state index in [1.54, 1.807) is 0 Å². The third-order valence-corrected chi connectivity index (χ3v) is 4.30. The highest BCUT2D eigenvalue weighted by Crippen LogP contribution is 2.34. The number of hydrogen-bond donors (Lipinski definition) is 1. The molecule has 2 heterocycles. The zero-order valence-electron chi connectivity index (χ0n) is 13.9. The molecule has 0 aromatic carbocycles. The van der Waals surface area contributed by atoms with Crippen LogP contribution in [0.2, 0.25) is 0 Å². The van der Waals surface area contributed by atoms with Gasteiger partial charge in [0.15, 0.2) is 0 Å². The summed E-state index contributed by atoms with van der Waals surface area (Å²) in [6.07, 6.45) is 0.675. The molecule has 6 nitrogen and oxygen atoms in total. The summed E-state index contributed by atoms with van der Waals surface area (Å²) < 4.78 is 28.7. The molecule has 1 unspecified atom stereocenters. The Bertz CT molecular complexity index is 808. The zero-order valence-corrected chi connectivity index (χ0v) is 14.6. The minimum Gasteiger partial charge on any atom is -0.367 e. The molecule has 0 saturated heterocycles. The maximum Gasteiger partial charge on any atom is 0.271 e. The van der Waals surface area contributed by atoms with Crippen LogP contribution in [0.4, 0.5) is 14.6 Å². The number of aromatic nitrogens is 4. The molecule has 3 rings (SSSR count). The quantitative estimate of drug-likeness (QED) is 0.833. The van der Waals surface area contributed by atoms with Gasteiger partial charge in [-0.3, -0.25) is 4.79 Å². The number of nitrogens with one attached hydrogen (secondary N) is 1. The van der Waals surface area contributed by atoms with Crippen molar-refractivity contribution in [3.05, 3.63) is 29.2 Å². The normalized spacial score (nSPS) is 19.6. The predicted octanol–water partition coefficient (Wildman–Crippen LogP) is 3.65. The Hall–Kier alpha value is -2.09. The summed E-state index contributed by atoms with van der Waals surface area (Å²) in [4.78, 5) is 20.0. The van der Waals surface area contributed by atoms with Crippen molar-refractivity contribution in [3.63, 3.8) is 0 Å². The Balaban J connectivity index is 1.93. The lowest BCUT2D eigenvalue weighted by atomic mass is 9.92. The van der Waals surface area contributed by atoms with E-state index in [0.29, 0.717) is 12.8 Å². The van der Waals surface area contributed by atoms with Gasteiger partial charge in [-0.2, -0.15) is 10.1 Å². The summed E-state index contributed by atoms with van der Waals surface area (Å²) in [7, 11) is 0. The molecule has 1 N–H and O–H groups in total. The Labute approximate surface area is 148 Å². The van der Waals surface area contributed by atoms with Crippen molar-refractivity contribution in [1.82, 2.24) is 19.7 Å². The highest BCUT2D eigenvalue weighted by atomic mass is 35.5. The molecular weight excluding hydrogens is 352 g/mol. The Morgan fingerprint density at radius 3 is 2.72 bits per heavy atom. The maximum atomic E-state index is 13.6. The second-order valence-electron chi connectivity index (χ2n) is 6.34. The van der Waals surface area contributed by atoms with Gasteiger partial charge in [0.2, 0.25) is 5.92 Å². The van der Waals surface area contributed by atoms with Gasteiger partial charge in [-0.25, -0.2) is 18.4 Å². The van der Waals surface area contributed by atoms with Crippen molar-refractivity contribution in [2.45, 2.75) is 51.5 Å². The van der Waals surface area contributed by atoms with Gasteiger partial charge in [-0.1, -0.05) is 0 Å². The van der Waals surface area contributed by atoms with E-state index in [2.05, 4.69) is 20.4 Å². The number of carbonyl (C=O) groups is 1. The average Bonchev–Trinajstić information content (AvgIpc) is 2.84. The number of alkyl halides is 2.